The van der Waals surface area contributed by atoms with Gasteiger partial charge < -0.3 is 39.9 Å². The number of allylic oxidation sites excluding steroid dienone is 10. The van der Waals surface area contributed by atoms with E-state index in [0.29, 0.717) is 19.3 Å². The molecule has 0 aromatic carbocycles. The Bertz CT molecular complexity index is 1250. The maximum atomic E-state index is 12.8. The Kier molecular flexibility index (Phi) is 31.7. The molecule has 0 spiro atoms. The van der Waals surface area contributed by atoms with Crippen molar-refractivity contribution in [3.63, 3.8) is 0 Å². The van der Waals surface area contributed by atoms with Gasteiger partial charge in [0.25, 0.3) is 0 Å². The van der Waals surface area contributed by atoms with Crippen molar-refractivity contribution in [2.24, 2.45) is 0 Å². The lowest BCUT2D eigenvalue weighted by Gasteiger charge is -2.41. The predicted molar refractivity (Wildman–Crippen MR) is 226 cm³/mol. The number of phosphoric acid groups is 1. The van der Waals surface area contributed by atoms with Crippen LogP contribution in [0.1, 0.15) is 149 Å². The van der Waals surface area contributed by atoms with Crippen molar-refractivity contribution in [3.8, 4) is 0 Å². The molecule has 1 aliphatic rings. The Morgan fingerprint density at radius 2 is 0.983 bits per heavy atom. The topological polar surface area (TPSA) is 210 Å². The lowest BCUT2D eigenvalue weighted by Crippen LogP contribution is -2.64. The zero-order valence-corrected chi connectivity index (χ0v) is 36.0. The largest absolute Gasteiger partial charge is 0.472 e. The van der Waals surface area contributed by atoms with Gasteiger partial charge in [-0.15, -0.1) is 0 Å². The number of hydrogen-bond donors (Lipinski definition) is 6. The minimum atomic E-state index is -5.13. The highest BCUT2D eigenvalue weighted by Crippen LogP contribution is 2.47. The molecular formula is C44H75O13P. The molecule has 1 saturated carbocycles. The Hall–Kier alpha value is -2.45. The van der Waals surface area contributed by atoms with Crippen LogP contribution in [-0.2, 0) is 32.7 Å². The van der Waals surface area contributed by atoms with Crippen molar-refractivity contribution in [1.29, 1.82) is 0 Å². The number of carbonyl (C=O) groups excluding carboxylic acids is 2. The van der Waals surface area contributed by atoms with Crippen LogP contribution in [0, 0.1) is 0 Å². The Labute approximate surface area is 347 Å². The van der Waals surface area contributed by atoms with Crippen molar-refractivity contribution in [1.82, 2.24) is 0 Å². The van der Waals surface area contributed by atoms with E-state index in [2.05, 4.69) is 68.5 Å². The summed E-state index contributed by atoms with van der Waals surface area (Å²) in [4.78, 5) is 35.6. The van der Waals surface area contributed by atoms with Crippen LogP contribution in [0.2, 0.25) is 0 Å². The third-order valence-electron chi connectivity index (χ3n) is 9.59. The van der Waals surface area contributed by atoms with Crippen LogP contribution in [0.25, 0.3) is 0 Å². The molecule has 13 nitrogen and oxygen atoms in total. The summed E-state index contributed by atoms with van der Waals surface area (Å²) in [5.74, 6) is -1.16. The Morgan fingerprint density at radius 3 is 1.55 bits per heavy atom. The van der Waals surface area contributed by atoms with Crippen LogP contribution in [0.4, 0.5) is 0 Å². The smallest absolute Gasteiger partial charge is 0.462 e. The lowest BCUT2D eigenvalue weighted by atomic mass is 9.85. The average molecular weight is 843 g/mol. The molecule has 334 valence electrons. The molecule has 1 fully saturated rings. The summed E-state index contributed by atoms with van der Waals surface area (Å²) in [6.45, 7) is 3.11. The van der Waals surface area contributed by atoms with Crippen LogP contribution in [0.15, 0.2) is 60.8 Å². The van der Waals surface area contributed by atoms with Gasteiger partial charge in [0.2, 0.25) is 0 Å². The molecule has 14 heteroatoms. The van der Waals surface area contributed by atoms with Crippen LogP contribution in [-0.4, -0.2) is 98.3 Å². The summed E-state index contributed by atoms with van der Waals surface area (Å²) in [6, 6.07) is 0. The molecule has 0 aliphatic heterocycles. The molecule has 6 atom stereocenters. The van der Waals surface area contributed by atoms with E-state index in [9.17, 15) is 44.6 Å². The first kappa shape index (κ1) is 53.6. The summed E-state index contributed by atoms with van der Waals surface area (Å²) in [6.07, 6.45) is 27.1. The first-order valence-electron chi connectivity index (χ1n) is 21.6. The molecular weight excluding hydrogens is 767 g/mol. The van der Waals surface area contributed by atoms with E-state index in [4.69, 9.17) is 18.5 Å². The normalized spacial score (nSPS) is 23.1. The molecule has 0 amide bonds. The number of phosphoric ester groups is 1. The van der Waals surface area contributed by atoms with Gasteiger partial charge >= 0.3 is 19.8 Å². The number of esters is 2. The Morgan fingerprint density at radius 1 is 0.552 bits per heavy atom. The molecule has 0 heterocycles. The molecule has 0 aromatic rings. The van der Waals surface area contributed by atoms with Crippen molar-refractivity contribution < 1.29 is 63.1 Å². The summed E-state index contributed by atoms with van der Waals surface area (Å²) in [5.41, 5.74) is 0. The number of aliphatic hydroxyl groups excluding tert-OH is 5. The quantitative estimate of drug-likeness (QED) is 0.0159. The van der Waals surface area contributed by atoms with E-state index in [1.807, 2.05) is 6.08 Å². The summed E-state index contributed by atoms with van der Waals surface area (Å²) in [5, 5.41) is 50.0. The molecule has 58 heavy (non-hydrogen) atoms. The minimum Gasteiger partial charge on any atom is -0.462 e. The van der Waals surface area contributed by atoms with Crippen LogP contribution in [0.5, 0.6) is 0 Å². The molecule has 6 unspecified atom stereocenters. The molecule has 1 aliphatic carbocycles. The number of rotatable bonds is 34. The number of aliphatic hydroxyl groups is 5. The van der Waals surface area contributed by atoms with E-state index in [1.54, 1.807) is 0 Å². The highest BCUT2D eigenvalue weighted by Gasteiger charge is 2.51. The first-order chi connectivity index (χ1) is 27.9. The number of ether oxygens (including phenoxy) is 2. The van der Waals surface area contributed by atoms with Crippen molar-refractivity contribution in [2.75, 3.05) is 13.2 Å². The highest BCUT2D eigenvalue weighted by molar-refractivity contribution is 7.47. The van der Waals surface area contributed by atoms with Gasteiger partial charge in [0.1, 0.15) is 43.2 Å². The first-order valence-corrected chi connectivity index (χ1v) is 23.1. The number of unbranched alkanes of at least 4 members (excludes halogenated alkanes) is 12. The second-order valence-electron chi connectivity index (χ2n) is 14.8. The number of hydrogen-bond acceptors (Lipinski definition) is 12. The molecule has 1 rings (SSSR count). The second kappa shape index (κ2) is 34.3. The summed E-state index contributed by atoms with van der Waals surface area (Å²) in [7, 11) is -5.13. The van der Waals surface area contributed by atoms with E-state index >= 15 is 0 Å². The highest BCUT2D eigenvalue weighted by atomic mass is 31.2. The van der Waals surface area contributed by atoms with Gasteiger partial charge in [0.15, 0.2) is 6.10 Å². The molecule has 6 N–H and O–H groups in total. The third kappa shape index (κ3) is 26.6. The van der Waals surface area contributed by atoms with E-state index in [1.165, 1.54) is 32.1 Å². The van der Waals surface area contributed by atoms with Crippen molar-refractivity contribution in [3.05, 3.63) is 60.8 Å². The molecule has 0 saturated heterocycles. The molecule has 0 aromatic heterocycles. The predicted octanol–water partition coefficient (Wildman–Crippen LogP) is 7.77. The van der Waals surface area contributed by atoms with Gasteiger partial charge in [0.05, 0.1) is 6.61 Å². The van der Waals surface area contributed by atoms with Crippen molar-refractivity contribution >= 4 is 19.8 Å². The van der Waals surface area contributed by atoms with E-state index < -0.39 is 75.7 Å². The van der Waals surface area contributed by atoms with Gasteiger partial charge in [-0.1, -0.05) is 120 Å². The zero-order valence-electron chi connectivity index (χ0n) is 35.1. The fourth-order valence-corrected chi connectivity index (χ4v) is 7.07. The lowest BCUT2D eigenvalue weighted by molar-refractivity contribution is -0.220. The van der Waals surface area contributed by atoms with Crippen LogP contribution in [0.3, 0.4) is 0 Å². The SMILES string of the molecule is CC/C=C\C/C=C\C/C=C\C/C=C\CCCCC(=O)OC(COC(=O)CCCCCCC/C=C\CCCCCCC)COP(=O)(O)OC1C(O)C(O)C(O)C(O)C1O. The summed E-state index contributed by atoms with van der Waals surface area (Å²) < 4.78 is 33.4. The molecule has 0 bridgehead atoms. The van der Waals surface area contributed by atoms with Gasteiger partial charge in [-0.25, -0.2) is 4.57 Å². The second-order valence-corrected chi connectivity index (χ2v) is 16.2. The van der Waals surface area contributed by atoms with Gasteiger partial charge in [0, 0.05) is 12.8 Å². The Balaban J connectivity index is 2.54. The maximum Gasteiger partial charge on any atom is 0.472 e. The average Bonchev–Trinajstić information content (AvgIpc) is 3.20. The van der Waals surface area contributed by atoms with Crippen LogP contribution < -0.4 is 0 Å². The molecule has 0 radical (unpaired) electrons. The van der Waals surface area contributed by atoms with E-state index in [-0.39, 0.29) is 12.8 Å². The zero-order chi connectivity index (χ0) is 42.9. The fraction of sp³-hybridized carbons (Fsp3) is 0.727. The van der Waals surface area contributed by atoms with Gasteiger partial charge in [-0.05, 0) is 77.0 Å². The van der Waals surface area contributed by atoms with Crippen molar-refractivity contribution in [2.45, 2.75) is 191 Å². The minimum absolute atomic E-state index is 0.0403. The maximum absolute atomic E-state index is 12.8. The van der Waals surface area contributed by atoms with Gasteiger partial charge in [-0.2, -0.15) is 0 Å². The van der Waals surface area contributed by atoms with Crippen LogP contribution >= 0.6 is 7.82 Å². The van der Waals surface area contributed by atoms with Gasteiger partial charge in [-0.3, -0.25) is 18.6 Å². The van der Waals surface area contributed by atoms with E-state index in [0.717, 1.165) is 70.6 Å². The third-order valence-corrected chi connectivity index (χ3v) is 10.6. The standard InChI is InChI=1S/C44H75O13P/c1-3-5-7-9-11-13-15-17-19-21-23-25-27-29-31-33-38(46)56-36(35-55-58(52,53)57-44-42(50)40(48)39(47)41(49)43(44)51)34-54-37(45)32-30-28-26-24-22-20-18-16-14-12-10-8-6-4-2/h5,7,11,13,16-19,23,25,36,39-44,47-51H,3-4,6,8-10,12,14-15,20-22,24,26-35H2,1-2H3,(H,52,53)/b7-5-,13-11-,18-16-,19-17-,25-23-. The number of carbonyl (C=O) groups is 2. The summed E-state index contributed by atoms with van der Waals surface area (Å²) >= 11 is 0. The monoisotopic (exact) mass is 842 g/mol. The fourth-order valence-electron chi connectivity index (χ4n) is 6.09.